The second-order valence-electron chi connectivity index (χ2n) is 3.17. The molecule has 0 aliphatic rings. The predicted octanol–water partition coefficient (Wildman–Crippen LogP) is 1.18. The second kappa shape index (κ2) is 4.54. The van der Waals surface area contributed by atoms with Crippen molar-refractivity contribution >= 4 is 17.5 Å². The van der Waals surface area contributed by atoms with E-state index in [2.05, 4.69) is 15.3 Å². The Kier molecular flexibility index (Phi) is 3.37. The van der Waals surface area contributed by atoms with Crippen LogP contribution in [0, 0.1) is 10.1 Å². The van der Waals surface area contributed by atoms with Gasteiger partial charge < -0.3 is 11.1 Å². The van der Waals surface area contributed by atoms with E-state index in [0.717, 1.165) is 12.6 Å². The third-order valence-corrected chi connectivity index (χ3v) is 1.98. The first-order chi connectivity index (χ1) is 7.04. The summed E-state index contributed by atoms with van der Waals surface area (Å²) in [5, 5.41) is 13.4. The number of nitrogens with two attached hydrogens (primary N) is 1. The molecule has 82 valence electrons. The third kappa shape index (κ3) is 2.76. The lowest BCUT2D eigenvalue weighted by Gasteiger charge is -2.10. The van der Waals surface area contributed by atoms with Crippen molar-refractivity contribution in [2.45, 2.75) is 26.3 Å². The highest BCUT2D eigenvalue weighted by Crippen LogP contribution is 2.18. The highest BCUT2D eigenvalue weighted by molar-refractivity contribution is 5.53. The lowest BCUT2D eigenvalue weighted by Crippen LogP contribution is -2.16. The number of nitrogens with zero attached hydrogens (tertiary/aromatic N) is 3. The minimum atomic E-state index is -0.609. The molecule has 0 bridgehead atoms. The van der Waals surface area contributed by atoms with Gasteiger partial charge in [-0.25, -0.2) is 4.98 Å². The van der Waals surface area contributed by atoms with Gasteiger partial charge in [-0.15, -0.1) is 0 Å². The summed E-state index contributed by atoms with van der Waals surface area (Å²) in [5.41, 5.74) is 5.13. The molecule has 0 aliphatic carbocycles. The van der Waals surface area contributed by atoms with Gasteiger partial charge in [0, 0.05) is 6.04 Å². The zero-order valence-electron chi connectivity index (χ0n) is 8.60. The number of anilines is 2. The molecule has 1 heterocycles. The first kappa shape index (κ1) is 11.2. The van der Waals surface area contributed by atoms with Gasteiger partial charge in [-0.1, -0.05) is 6.92 Å². The first-order valence-corrected chi connectivity index (χ1v) is 4.58. The summed E-state index contributed by atoms with van der Waals surface area (Å²) in [4.78, 5) is 17.4. The first-order valence-electron chi connectivity index (χ1n) is 4.58. The van der Waals surface area contributed by atoms with Gasteiger partial charge in [0.2, 0.25) is 11.8 Å². The highest BCUT2D eigenvalue weighted by Gasteiger charge is 2.14. The Labute approximate surface area is 86.9 Å². The molecule has 0 spiro atoms. The number of hydrogen-bond donors (Lipinski definition) is 2. The van der Waals surface area contributed by atoms with Gasteiger partial charge in [0.25, 0.3) is 0 Å². The van der Waals surface area contributed by atoms with Gasteiger partial charge in [-0.05, 0) is 13.3 Å². The third-order valence-electron chi connectivity index (χ3n) is 1.98. The van der Waals surface area contributed by atoms with Crippen LogP contribution in [0.4, 0.5) is 17.5 Å². The van der Waals surface area contributed by atoms with E-state index in [1.807, 2.05) is 13.8 Å². The monoisotopic (exact) mass is 211 g/mol. The van der Waals surface area contributed by atoms with Crippen molar-refractivity contribution in [3.63, 3.8) is 0 Å². The van der Waals surface area contributed by atoms with Crippen molar-refractivity contribution in [3.05, 3.63) is 16.3 Å². The Morgan fingerprint density at radius 2 is 2.40 bits per heavy atom. The van der Waals surface area contributed by atoms with Crippen LogP contribution in [0.15, 0.2) is 6.20 Å². The Morgan fingerprint density at radius 3 is 2.87 bits per heavy atom. The Balaban J connectivity index is 2.87. The van der Waals surface area contributed by atoms with Crippen LogP contribution in [0.1, 0.15) is 20.3 Å². The van der Waals surface area contributed by atoms with Crippen molar-refractivity contribution in [1.82, 2.24) is 9.97 Å². The summed E-state index contributed by atoms with van der Waals surface area (Å²) >= 11 is 0. The molecule has 3 N–H and O–H groups in total. The molecular weight excluding hydrogens is 198 g/mol. The summed E-state index contributed by atoms with van der Waals surface area (Å²) < 4.78 is 0. The zero-order chi connectivity index (χ0) is 11.4. The molecule has 0 aliphatic heterocycles. The van der Waals surface area contributed by atoms with Crippen molar-refractivity contribution in [1.29, 1.82) is 0 Å². The van der Waals surface area contributed by atoms with E-state index < -0.39 is 4.92 Å². The molecule has 15 heavy (non-hydrogen) atoms. The van der Waals surface area contributed by atoms with Gasteiger partial charge in [-0.3, -0.25) is 10.1 Å². The van der Waals surface area contributed by atoms with Crippen LogP contribution in [0.3, 0.4) is 0 Å². The van der Waals surface area contributed by atoms with Gasteiger partial charge in [-0.2, -0.15) is 4.98 Å². The lowest BCUT2D eigenvalue weighted by atomic mass is 10.3. The maximum Gasteiger partial charge on any atom is 0.329 e. The van der Waals surface area contributed by atoms with E-state index in [1.54, 1.807) is 0 Å². The van der Waals surface area contributed by atoms with Crippen LogP contribution in [-0.4, -0.2) is 20.9 Å². The smallest absolute Gasteiger partial charge is 0.329 e. The maximum absolute atomic E-state index is 10.4. The summed E-state index contributed by atoms with van der Waals surface area (Å²) in [6.45, 7) is 3.97. The molecule has 7 nitrogen and oxygen atoms in total. The van der Waals surface area contributed by atoms with Crippen molar-refractivity contribution < 1.29 is 4.92 Å². The van der Waals surface area contributed by atoms with Crippen LogP contribution in [-0.2, 0) is 0 Å². The molecule has 1 atom stereocenters. The molecule has 1 rings (SSSR count). The average molecular weight is 211 g/mol. The van der Waals surface area contributed by atoms with Crippen molar-refractivity contribution in [3.8, 4) is 0 Å². The lowest BCUT2D eigenvalue weighted by molar-refractivity contribution is -0.384. The predicted molar refractivity (Wildman–Crippen MR) is 56.5 cm³/mol. The van der Waals surface area contributed by atoms with Gasteiger partial charge in [0.15, 0.2) is 0 Å². The summed E-state index contributed by atoms with van der Waals surface area (Å²) in [5.74, 6) is 0.188. The topological polar surface area (TPSA) is 107 Å². The molecular formula is C8H13N5O2. The molecule has 0 amide bonds. The van der Waals surface area contributed by atoms with Crippen LogP contribution in [0.2, 0.25) is 0 Å². The van der Waals surface area contributed by atoms with Crippen LogP contribution >= 0.6 is 0 Å². The molecule has 1 aromatic heterocycles. The Hall–Kier alpha value is -1.92. The number of nitrogen functional groups attached to an aromatic ring is 1. The fraction of sp³-hybridized carbons (Fsp3) is 0.500. The minimum Gasteiger partial charge on any atom is -0.378 e. The highest BCUT2D eigenvalue weighted by atomic mass is 16.6. The van der Waals surface area contributed by atoms with Crippen molar-refractivity contribution in [2.75, 3.05) is 11.1 Å². The second-order valence-corrected chi connectivity index (χ2v) is 3.17. The summed E-state index contributed by atoms with van der Waals surface area (Å²) in [6.07, 6.45) is 2.01. The van der Waals surface area contributed by atoms with Crippen LogP contribution < -0.4 is 11.1 Å². The fourth-order valence-corrected chi connectivity index (χ4v) is 0.921. The van der Waals surface area contributed by atoms with Gasteiger partial charge >= 0.3 is 5.69 Å². The maximum atomic E-state index is 10.4. The molecule has 0 saturated heterocycles. The van der Waals surface area contributed by atoms with Crippen molar-refractivity contribution in [2.24, 2.45) is 0 Å². The molecule has 0 aromatic carbocycles. The normalized spacial score (nSPS) is 12.1. The van der Waals surface area contributed by atoms with E-state index in [-0.39, 0.29) is 17.5 Å². The van der Waals surface area contributed by atoms with E-state index >= 15 is 0 Å². The molecule has 0 fully saturated rings. The molecule has 1 aromatic rings. The van der Waals surface area contributed by atoms with Gasteiger partial charge in [0.1, 0.15) is 6.20 Å². The van der Waals surface area contributed by atoms with E-state index in [4.69, 9.17) is 5.73 Å². The summed E-state index contributed by atoms with van der Waals surface area (Å²) in [6, 6.07) is 0.200. The van der Waals surface area contributed by atoms with E-state index in [1.165, 1.54) is 0 Å². The Morgan fingerprint density at radius 1 is 1.73 bits per heavy atom. The quantitative estimate of drug-likeness (QED) is 0.572. The molecule has 0 saturated carbocycles. The Bertz CT molecular complexity index is 368. The van der Waals surface area contributed by atoms with Crippen LogP contribution in [0.25, 0.3) is 0 Å². The standard InChI is InChI=1S/C8H13N5O2/c1-3-5(2)11-8-10-4-6(13(14)15)7(9)12-8/h4-5H,3H2,1-2H3,(H3,9,10,11,12)/t5-/m1/s1. The number of aromatic nitrogens is 2. The molecule has 7 heteroatoms. The number of nitrogens with one attached hydrogen (secondary N) is 1. The zero-order valence-corrected chi connectivity index (χ0v) is 8.60. The fourth-order valence-electron chi connectivity index (χ4n) is 0.921. The van der Waals surface area contributed by atoms with E-state index in [0.29, 0.717) is 5.95 Å². The average Bonchev–Trinajstić information content (AvgIpc) is 2.17. The number of nitro groups is 1. The molecule has 0 radical (unpaired) electrons. The van der Waals surface area contributed by atoms with Gasteiger partial charge in [0.05, 0.1) is 4.92 Å². The van der Waals surface area contributed by atoms with E-state index in [9.17, 15) is 10.1 Å². The largest absolute Gasteiger partial charge is 0.378 e. The summed E-state index contributed by atoms with van der Waals surface area (Å²) in [7, 11) is 0. The molecule has 0 unspecified atom stereocenters. The SMILES string of the molecule is CC[C@@H](C)Nc1ncc([N+](=O)[O-])c(N)n1. The number of rotatable bonds is 4. The number of hydrogen-bond acceptors (Lipinski definition) is 6. The minimum absolute atomic E-state index is 0.124. The van der Waals surface area contributed by atoms with Crippen LogP contribution in [0.5, 0.6) is 0 Å².